The number of hydrogen-bond donors (Lipinski definition) is 2. The first-order valence-corrected chi connectivity index (χ1v) is 7.73. The molecule has 0 aliphatic carbocycles. The third kappa shape index (κ3) is 4.49. The van der Waals surface area contributed by atoms with E-state index in [4.69, 9.17) is 5.73 Å². The zero-order valence-electron chi connectivity index (χ0n) is 12.0. The normalized spacial score (nSPS) is 12.1. The van der Waals surface area contributed by atoms with Gasteiger partial charge in [0.25, 0.3) is 0 Å². The lowest BCUT2D eigenvalue weighted by Crippen LogP contribution is -2.27. The van der Waals surface area contributed by atoms with Crippen molar-refractivity contribution in [3.63, 3.8) is 0 Å². The molecule has 0 atom stereocenters. The summed E-state index contributed by atoms with van der Waals surface area (Å²) in [6.07, 6.45) is 0.770. The van der Waals surface area contributed by atoms with Crippen LogP contribution in [0, 0.1) is 13.8 Å². The first kappa shape index (κ1) is 15.9. The number of nitrogen functional groups attached to an aromatic ring is 1. The quantitative estimate of drug-likeness (QED) is 0.606. The molecular weight excluding hydrogens is 262 g/mol. The number of anilines is 1. The zero-order valence-corrected chi connectivity index (χ0v) is 12.8. The summed E-state index contributed by atoms with van der Waals surface area (Å²) in [7, 11) is 0.445. The summed E-state index contributed by atoms with van der Waals surface area (Å²) in [5.41, 5.74) is 8.13. The van der Waals surface area contributed by atoms with E-state index in [0.717, 1.165) is 24.1 Å². The predicted molar refractivity (Wildman–Crippen MR) is 78.7 cm³/mol. The smallest absolute Gasteiger partial charge is 0.240 e. The van der Waals surface area contributed by atoms with Gasteiger partial charge in [-0.25, -0.2) is 13.1 Å². The number of benzene rings is 1. The minimum atomic E-state index is -3.47. The van der Waals surface area contributed by atoms with E-state index in [2.05, 4.69) is 4.72 Å². The van der Waals surface area contributed by atoms with Crippen LogP contribution in [0.1, 0.15) is 17.5 Å². The van der Waals surface area contributed by atoms with Crippen molar-refractivity contribution >= 4 is 15.7 Å². The minimum absolute atomic E-state index is 0.234. The van der Waals surface area contributed by atoms with Crippen molar-refractivity contribution < 1.29 is 8.42 Å². The van der Waals surface area contributed by atoms with Gasteiger partial charge >= 0.3 is 0 Å². The van der Waals surface area contributed by atoms with E-state index in [9.17, 15) is 8.42 Å². The lowest BCUT2D eigenvalue weighted by molar-refractivity contribution is 0.400. The van der Waals surface area contributed by atoms with E-state index in [1.165, 1.54) is 6.07 Å². The van der Waals surface area contributed by atoms with Crippen LogP contribution in [0.2, 0.25) is 0 Å². The summed E-state index contributed by atoms with van der Waals surface area (Å²) < 4.78 is 26.8. The molecule has 3 N–H and O–H groups in total. The molecular formula is C13H23N3O2S. The van der Waals surface area contributed by atoms with Crippen molar-refractivity contribution in [2.75, 3.05) is 32.9 Å². The number of hydrogen-bond acceptors (Lipinski definition) is 4. The molecule has 5 nitrogen and oxygen atoms in total. The van der Waals surface area contributed by atoms with Crippen molar-refractivity contribution in [3.8, 4) is 0 Å². The van der Waals surface area contributed by atoms with Gasteiger partial charge in [-0.2, -0.15) is 0 Å². The number of nitrogens with two attached hydrogens (primary N) is 1. The highest BCUT2D eigenvalue weighted by Crippen LogP contribution is 2.21. The maximum atomic E-state index is 12.1. The maximum Gasteiger partial charge on any atom is 0.240 e. The predicted octanol–water partition coefficient (Wildman–Crippen LogP) is 1.12. The average molecular weight is 285 g/mol. The Morgan fingerprint density at radius 2 is 1.89 bits per heavy atom. The van der Waals surface area contributed by atoms with Crippen LogP contribution in [0.5, 0.6) is 0 Å². The van der Waals surface area contributed by atoms with E-state index in [1.54, 1.807) is 6.07 Å². The summed E-state index contributed by atoms with van der Waals surface area (Å²) in [6.45, 7) is 5.01. The van der Waals surface area contributed by atoms with Gasteiger partial charge in [0.15, 0.2) is 0 Å². The molecule has 0 spiro atoms. The van der Waals surface area contributed by atoms with Crippen molar-refractivity contribution in [2.45, 2.75) is 25.2 Å². The van der Waals surface area contributed by atoms with Crippen LogP contribution in [0.3, 0.4) is 0 Å². The average Bonchev–Trinajstić information content (AvgIpc) is 2.31. The van der Waals surface area contributed by atoms with Gasteiger partial charge in [-0.15, -0.1) is 0 Å². The monoisotopic (exact) mass is 285 g/mol. The van der Waals surface area contributed by atoms with Crippen molar-refractivity contribution in [2.24, 2.45) is 0 Å². The van der Waals surface area contributed by atoms with Crippen LogP contribution >= 0.6 is 0 Å². The molecule has 1 rings (SSSR count). The molecule has 0 aromatic heterocycles. The molecule has 0 fully saturated rings. The Labute approximate surface area is 115 Å². The molecule has 19 heavy (non-hydrogen) atoms. The largest absolute Gasteiger partial charge is 0.398 e. The van der Waals surface area contributed by atoms with Crippen LogP contribution in [-0.4, -0.2) is 40.5 Å². The van der Waals surface area contributed by atoms with Gasteiger partial charge in [-0.05, 0) is 64.2 Å². The van der Waals surface area contributed by atoms with Gasteiger partial charge in [-0.3, -0.25) is 0 Å². The molecule has 1 aromatic rings. The second-order valence-corrected chi connectivity index (χ2v) is 6.78. The van der Waals surface area contributed by atoms with Gasteiger partial charge in [0.2, 0.25) is 10.0 Å². The minimum Gasteiger partial charge on any atom is -0.398 e. The summed E-state index contributed by atoms with van der Waals surface area (Å²) in [5, 5.41) is 0. The number of nitrogens with one attached hydrogen (secondary N) is 1. The standard InChI is InChI=1S/C13H23N3O2S/c1-10-8-12(9-13(14)11(10)2)19(17,18)15-6-5-7-16(3)4/h8-9,15H,5-7,14H2,1-4H3. The third-order valence-corrected chi connectivity index (χ3v) is 4.51. The van der Waals surface area contributed by atoms with E-state index < -0.39 is 10.0 Å². The van der Waals surface area contributed by atoms with Crippen LogP contribution in [-0.2, 0) is 10.0 Å². The topological polar surface area (TPSA) is 75.4 Å². The fraction of sp³-hybridized carbons (Fsp3) is 0.538. The molecule has 0 saturated carbocycles. The Bertz CT molecular complexity index is 516. The van der Waals surface area contributed by atoms with Crippen molar-refractivity contribution in [1.82, 2.24) is 9.62 Å². The Morgan fingerprint density at radius 1 is 1.26 bits per heavy atom. The molecule has 1 aromatic carbocycles. The molecule has 0 aliphatic heterocycles. The molecule has 6 heteroatoms. The van der Waals surface area contributed by atoms with Crippen molar-refractivity contribution in [3.05, 3.63) is 23.3 Å². The molecule has 108 valence electrons. The summed E-state index contributed by atoms with van der Waals surface area (Å²) in [6, 6.07) is 3.16. The Hall–Kier alpha value is -1.11. The second kappa shape index (κ2) is 6.36. The molecule has 0 aliphatic rings. The van der Waals surface area contributed by atoms with Crippen LogP contribution in [0.4, 0.5) is 5.69 Å². The van der Waals surface area contributed by atoms with E-state index in [1.807, 2.05) is 32.8 Å². The van der Waals surface area contributed by atoms with E-state index >= 15 is 0 Å². The second-order valence-electron chi connectivity index (χ2n) is 5.01. The molecule has 0 bridgehead atoms. The van der Waals surface area contributed by atoms with Gasteiger partial charge < -0.3 is 10.6 Å². The number of sulfonamides is 1. The highest BCUT2D eigenvalue weighted by Gasteiger charge is 2.15. The van der Waals surface area contributed by atoms with Crippen molar-refractivity contribution in [1.29, 1.82) is 0 Å². The maximum absolute atomic E-state index is 12.1. The summed E-state index contributed by atoms with van der Waals surface area (Å²) >= 11 is 0. The molecule has 0 saturated heterocycles. The first-order chi connectivity index (χ1) is 8.74. The number of nitrogens with zero attached hydrogens (tertiary/aromatic N) is 1. The Morgan fingerprint density at radius 3 is 2.42 bits per heavy atom. The molecule has 0 amide bonds. The lowest BCUT2D eigenvalue weighted by atomic mass is 10.1. The van der Waals surface area contributed by atoms with Crippen LogP contribution in [0.15, 0.2) is 17.0 Å². The zero-order chi connectivity index (χ0) is 14.6. The lowest BCUT2D eigenvalue weighted by Gasteiger charge is -2.12. The SMILES string of the molecule is Cc1cc(S(=O)(=O)NCCCN(C)C)cc(N)c1C. The highest BCUT2D eigenvalue weighted by molar-refractivity contribution is 7.89. The Balaban J connectivity index is 2.78. The fourth-order valence-corrected chi connectivity index (χ4v) is 2.89. The van der Waals surface area contributed by atoms with Gasteiger partial charge in [0.1, 0.15) is 0 Å². The summed E-state index contributed by atoms with van der Waals surface area (Å²) in [4.78, 5) is 2.25. The first-order valence-electron chi connectivity index (χ1n) is 6.25. The van der Waals surface area contributed by atoms with E-state index in [0.29, 0.717) is 12.2 Å². The van der Waals surface area contributed by atoms with Gasteiger partial charge in [0.05, 0.1) is 4.90 Å². The van der Waals surface area contributed by atoms with Gasteiger partial charge in [-0.1, -0.05) is 0 Å². The van der Waals surface area contributed by atoms with Crippen LogP contribution in [0.25, 0.3) is 0 Å². The molecule has 0 radical (unpaired) electrons. The summed E-state index contributed by atoms with van der Waals surface area (Å²) in [5.74, 6) is 0. The number of rotatable bonds is 6. The van der Waals surface area contributed by atoms with Crippen LogP contribution < -0.4 is 10.5 Å². The highest BCUT2D eigenvalue weighted by atomic mass is 32.2. The fourth-order valence-electron chi connectivity index (χ4n) is 1.69. The van der Waals surface area contributed by atoms with Gasteiger partial charge in [0, 0.05) is 12.2 Å². The third-order valence-electron chi connectivity index (χ3n) is 3.07. The Kier molecular flexibility index (Phi) is 5.34. The molecule has 0 heterocycles. The molecule has 0 unspecified atom stereocenters. The number of aryl methyl sites for hydroxylation is 1. The van der Waals surface area contributed by atoms with E-state index in [-0.39, 0.29) is 4.90 Å².